The fourth-order valence-corrected chi connectivity index (χ4v) is 3.21. The van der Waals surface area contributed by atoms with Gasteiger partial charge in [-0.15, -0.1) is 0 Å². The summed E-state index contributed by atoms with van der Waals surface area (Å²) in [6.45, 7) is 5.22. The third-order valence-corrected chi connectivity index (χ3v) is 4.60. The van der Waals surface area contributed by atoms with Crippen molar-refractivity contribution in [3.8, 4) is 22.9 Å². The zero-order valence-corrected chi connectivity index (χ0v) is 15.5. The van der Waals surface area contributed by atoms with E-state index < -0.39 is 0 Å². The van der Waals surface area contributed by atoms with Gasteiger partial charge in [0.05, 0.1) is 19.6 Å². The van der Waals surface area contributed by atoms with Crippen LogP contribution in [0, 0.1) is 0 Å². The molecule has 1 aliphatic heterocycles. The van der Waals surface area contributed by atoms with Crippen LogP contribution in [-0.4, -0.2) is 46.8 Å². The Kier molecular flexibility index (Phi) is 5.02. The van der Waals surface area contributed by atoms with Crippen molar-refractivity contribution in [1.29, 1.82) is 0 Å². The number of ether oxygens (including phenoxy) is 2. The number of likely N-dealkylation sites (tertiary alicyclic amines) is 1. The lowest BCUT2D eigenvalue weighted by atomic mass is 9.99. The van der Waals surface area contributed by atoms with Crippen molar-refractivity contribution in [2.75, 3.05) is 26.8 Å². The molecule has 0 atom stereocenters. The lowest BCUT2D eigenvalue weighted by Gasteiger charge is -2.37. The summed E-state index contributed by atoms with van der Waals surface area (Å²) in [7, 11) is 1.66. The van der Waals surface area contributed by atoms with Crippen LogP contribution in [-0.2, 0) is 6.54 Å². The summed E-state index contributed by atoms with van der Waals surface area (Å²) < 4.78 is 16.4. The predicted molar refractivity (Wildman–Crippen MR) is 99.7 cm³/mol. The van der Waals surface area contributed by atoms with Gasteiger partial charge in [-0.3, -0.25) is 9.88 Å². The molecule has 1 aliphatic rings. The quantitative estimate of drug-likeness (QED) is 0.636. The topological polar surface area (TPSA) is 73.5 Å². The SMILES string of the molecule is CCOc1ccc(CN2CC(c3nc(-c4cccnc4)no3)C2)cc1OC. The van der Waals surface area contributed by atoms with Crippen LogP contribution < -0.4 is 9.47 Å². The Balaban J connectivity index is 1.36. The smallest absolute Gasteiger partial charge is 0.232 e. The van der Waals surface area contributed by atoms with Gasteiger partial charge in [-0.25, -0.2) is 0 Å². The Morgan fingerprint density at radius 3 is 2.85 bits per heavy atom. The molecule has 0 radical (unpaired) electrons. The second-order valence-corrected chi connectivity index (χ2v) is 6.51. The molecule has 0 bridgehead atoms. The van der Waals surface area contributed by atoms with Gasteiger partial charge < -0.3 is 14.0 Å². The van der Waals surface area contributed by atoms with Crippen molar-refractivity contribution in [1.82, 2.24) is 20.0 Å². The van der Waals surface area contributed by atoms with Gasteiger partial charge in [0.1, 0.15) is 0 Å². The van der Waals surface area contributed by atoms with E-state index in [0.29, 0.717) is 18.3 Å². The zero-order valence-electron chi connectivity index (χ0n) is 15.5. The highest BCUT2D eigenvalue weighted by Crippen LogP contribution is 2.32. The second-order valence-electron chi connectivity index (χ2n) is 6.51. The molecule has 0 amide bonds. The molecule has 1 fully saturated rings. The molecular weight excluding hydrogens is 344 g/mol. The van der Waals surface area contributed by atoms with Gasteiger partial charge in [-0.05, 0) is 36.8 Å². The molecule has 4 rings (SSSR count). The average Bonchev–Trinajstić information content (AvgIpc) is 3.16. The highest BCUT2D eigenvalue weighted by atomic mass is 16.5. The summed E-state index contributed by atoms with van der Waals surface area (Å²) in [6.07, 6.45) is 3.46. The molecule has 0 N–H and O–H groups in total. The van der Waals surface area contributed by atoms with Gasteiger partial charge in [0, 0.05) is 37.6 Å². The fourth-order valence-electron chi connectivity index (χ4n) is 3.21. The summed E-state index contributed by atoms with van der Waals surface area (Å²) in [5.74, 6) is 3.10. The minimum absolute atomic E-state index is 0.271. The summed E-state index contributed by atoms with van der Waals surface area (Å²) >= 11 is 0. The molecular formula is C20H22N4O3. The van der Waals surface area contributed by atoms with Crippen LogP contribution in [0.15, 0.2) is 47.2 Å². The maximum absolute atomic E-state index is 5.57. The Labute approximate surface area is 157 Å². The first-order valence-corrected chi connectivity index (χ1v) is 9.03. The van der Waals surface area contributed by atoms with E-state index in [0.717, 1.165) is 36.7 Å². The Bertz CT molecular complexity index is 891. The highest BCUT2D eigenvalue weighted by molar-refractivity contribution is 5.52. The van der Waals surface area contributed by atoms with Crippen molar-refractivity contribution in [3.63, 3.8) is 0 Å². The molecule has 1 aromatic carbocycles. The Morgan fingerprint density at radius 1 is 1.22 bits per heavy atom. The molecule has 3 aromatic rings. The first-order chi connectivity index (χ1) is 13.3. The van der Waals surface area contributed by atoms with Crippen molar-refractivity contribution in [3.05, 3.63) is 54.2 Å². The minimum atomic E-state index is 0.271. The third kappa shape index (κ3) is 3.78. The van der Waals surface area contributed by atoms with E-state index in [9.17, 15) is 0 Å². The van der Waals surface area contributed by atoms with Crippen molar-refractivity contribution >= 4 is 0 Å². The number of rotatable bonds is 7. The molecule has 0 spiro atoms. The third-order valence-electron chi connectivity index (χ3n) is 4.60. The molecule has 1 saturated heterocycles. The molecule has 140 valence electrons. The minimum Gasteiger partial charge on any atom is -0.493 e. The second kappa shape index (κ2) is 7.75. The van der Waals surface area contributed by atoms with Gasteiger partial charge in [-0.2, -0.15) is 4.98 Å². The summed E-state index contributed by atoms with van der Waals surface area (Å²) in [5, 5.41) is 4.07. The molecule has 2 aromatic heterocycles. The molecule has 3 heterocycles. The Morgan fingerprint density at radius 2 is 2.11 bits per heavy atom. The number of pyridine rings is 1. The van der Waals surface area contributed by atoms with Crippen molar-refractivity contribution in [2.24, 2.45) is 0 Å². The first kappa shape index (κ1) is 17.5. The summed E-state index contributed by atoms with van der Waals surface area (Å²) in [4.78, 5) is 11.0. The fraction of sp³-hybridized carbons (Fsp3) is 0.350. The average molecular weight is 366 g/mol. The molecule has 7 nitrogen and oxygen atoms in total. The number of benzene rings is 1. The number of methoxy groups -OCH3 is 1. The molecule has 0 saturated carbocycles. The van der Waals surface area contributed by atoms with E-state index >= 15 is 0 Å². The van der Waals surface area contributed by atoms with Gasteiger partial charge in [0.2, 0.25) is 11.7 Å². The molecule has 7 heteroatoms. The zero-order chi connectivity index (χ0) is 18.6. The number of hydrogen-bond donors (Lipinski definition) is 0. The van der Waals surface area contributed by atoms with Crippen molar-refractivity contribution < 1.29 is 14.0 Å². The van der Waals surface area contributed by atoms with Crippen molar-refractivity contribution in [2.45, 2.75) is 19.4 Å². The highest BCUT2D eigenvalue weighted by Gasteiger charge is 2.32. The lowest BCUT2D eigenvalue weighted by molar-refractivity contribution is 0.117. The van der Waals surface area contributed by atoms with Gasteiger partial charge >= 0.3 is 0 Å². The van der Waals surface area contributed by atoms with E-state index in [-0.39, 0.29) is 5.92 Å². The van der Waals surface area contributed by atoms with Crippen LogP contribution in [0.5, 0.6) is 11.5 Å². The summed E-state index contributed by atoms with van der Waals surface area (Å²) in [5.41, 5.74) is 2.06. The standard InChI is InChI=1S/C20H22N4O3/c1-3-26-17-7-6-14(9-18(17)25-2)11-24-12-16(13-24)20-22-19(23-27-20)15-5-4-8-21-10-15/h4-10,16H,3,11-13H2,1-2H3. The molecule has 0 aliphatic carbocycles. The van der Waals surface area contributed by atoms with E-state index in [1.54, 1.807) is 19.5 Å². The van der Waals surface area contributed by atoms with Gasteiger partial charge in [-0.1, -0.05) is 11.2 Å². The van der Waals surface area contributed by atoms with E-state index in [1.165, 1.54) is 5.56 Å². The number of aromatic nitrogens is 3. The van der Waals surface area contributed by atoms with Crippen LogP contribution in [0.4, 0.5) is 0 Å². The van der Waals surface area contributed by atoms with Crippen LogP contribution in [0.2, 0.25) is 0 Å². The number of nitrogens with zero attached hydrogens (tertiary/aromatic N) is 4. The predicted octanol–water partition coefficient (Wildman–Crippen LogP) is 3.14. The molecule has 27 heavy (non-hydrogen) atoms. The van der Waals surface area contributed by atoms with Gasteiger partial charge in [0.15, 0.2) is 11.5 Å². The lowest BCUT2D eigenvalue weighted by Crippen LogP contribution is -2.44. The number of hydrogen-bond acceptors (Lipinski definition) is 7. The molecule has 0 unspecified atom stereocenters. The maximum atomic E-state index is 5.57. The van der Waals surface area contributed by atoms with Crippen LogP contribution in [0.3, 0.4) is 0 Å². The van der Waals surface area contributed by atoms with Crippen LogP contribution in [0.25, 0.3) is 11.4 Å². The van der Waals surface area contributed by atoms with Crippen LogP contribution >= 0.6 is 0 Å². The maximum Gasteiger partial charge on any atom is 0.232 e. The first-order valence-electron chi connectivity index (χ1n) is 9.03. The summed E-state index contributed by atoms with van der Waals surface area (Å²) in [6, 6.07) is 9.86. The van der Waals surface area contributed by atoms with Crippen LogP contribution in [0.1, 0.15) is 24.3 Å². The van der Waals surface area contributed by atoms with E-state index in [1.807, 2.05) is 31.2 Å². The Hall–Kier alpha value is -2.93. The normalized spacial score (nSPS) is 14.7. The largest absolute Gasteiger partial charge is 0.493 e. The van der Waals surface area contributed by atoms with Gasteiger partial charge in [0.25, 0.3) is 0 Å². The monoisotopic (exact) mass is 366 g/mol. The van der Waals surface area contributed by atoms with E-state index in [2.05, 4.69) is 26.1 Å². The van der Waals surface area contributed by atoms with E-state index in [4.69, 9.17) is 14.0 Å².